The fraction of sp³-hybridized carbons (Fsp3) is 0.286. The molecule has 0 spiro atoms. The molecule has 0 bridgehead atoms. The van der Waals surface area contributed by atoms with Gasteiger partial charge in [-0.15, -0.1) is 0 Å². The lowest BCUT2D eigenvalue weighted by Gasteiger charge is -2.05. The van der Waals surface area contributed by atoms with E-state index < -0.39 is 11.9 Å². The van der Waals surface area contributed by atoms with E-state index in [0.717, 1.165) is 0 Å². The number of carbonyl (C=O) groups is 2. The van der Waals surface area contributed by atoms with Gasteiger partial charge in [-0.25, -0.2) is 0 Å². The highest BCUT2D eigenvalue weighted by molar-refractivity contribution is 5.73. The molecule has 0 amide bonds. The fourth-order valence-corrected chi connectivity index (χ4v) is 1.40. The summed E-state index contributed by atoms with van der Waals surface area (Å²) in [6.45, 7) is 0. The molecule has 0 aromatic heterocycles. The Bertz CT molecular complexity index is 537. The molecule has 5 heteroatoms. The first-order valence-corrected chi connectivity index (χ1v) is 5.51. The summed E-state index contributed by atoms with van der Waals surface area (Å²) in [4.78, 5) is 21.7. The minimum atomic E-state index is -0.943. The molecule has 1 aromatic carbocycles. The molecule has 0 atom stereocenters. The highest BCUT2D eigenvalue weighted by Crippen LogP contribution is 2.17. The Morgan fingerprint density at radius 1 is 1.32 bits per heavy atom. The first-order valence-electron chi connectivity index (χ1n) is 5.51. The van der Waals surface area contributed by atoms with Crippen LogP contribution in [0.1, 0.15) is 17.5 Å². The van der Waals surface area contributed by atoms with Crippen LogP contribution in [0.2, 0.25) is 0 Å². The Hall–Kier alpha value is -2.48. The van der Waals surface area contributed by atoms with E-state index in [0.29, 0.717) is 16.9 Å². The lowest BCUT2D eigenvalue weighted by atomic mass is 10.0. The molecule has 0 radical (unpaired) electrons. The van der Waals surface area contributed by atoms with E-state index in [4.69, 9.17) is 9.84 Å². The van der Waals surface area contributed by atoms with Crippen LogP contribution in [0.3, 0.4) is 0 Å². The Kier molecular flexibility index (Phi) is 5.42. The van der Waals surface area contributed by atoms with Gasteiger partial charge in [-0.1, -0.05) is 17.9 Å². The van der Waals surface area contributed by atoms with Crippen molar-refractivity contribution in [3.8, 4) is 17.6 Å². The Morgan fingerprint density at radius 3 is 2.63 bits per heavy atom. The highest BCUT2D eigenvalue weighted by atomic mass is 16.5. The van der Waals surface area contributed by atoms with Gasteiger partial charge < -0.3 is 14.6 Å². The molecular formula is C14H14O5. The number of aliphatic carboxylic acids is 1. The largest absolute Gasteiger partial charge is 0.497 e. The van der Waals surface area contributed by atoms with Gasteiger partial charge in [0.15, 0.2) is 0 Å². The molecule has 0 saturated heterocycles. The summed E-state index contributed by atoms with van der Waals surface area (Å²) in [6.07, 6.45) is -0.174. The molecule has 0 heterocycles. The third-order valence-electron chi connectivity index (χ3n) is 2.34. The molecule has 5 nitrogen and oxygen atoms in total. The number of rotatable bonds is 4. The normalized spacial score (nSPS) is 9.16. The molecule has 0 saturated carbocycles. The number of methoxy groups -OCH3 is 2. The molecule has 0 aliphatic carbocycles. The predicted molar refractivity (Wildman–Crippen MR) is 67.8 cm³/mol. The van der Waals surface area contributed by atoms with Gasteiger partial charge in [-0.05, 0) is 17.7 Å². The molecular weight excluding hydrogens is 248 g/mol. The van der Waals surface area contributed by atoms with E-state index in [1.807, 2.05) is 0 Å². The average Bonchev–Trinajstić information content (AvgIpc) is 2.39. The van der Waals surface area contributed by atoms with Crippen molar-refractivity contribution in [1.82, 2.24) is 0 Å². The van der Waals surface area contributed by atoms with Gasteiger partial charge in [0.25, 0.3) is 0 Å². The van der Waals surface area contributed by atoms with Crippen LogP contribution in [-0.2, 0) is 20.7 Å². The van der Waals surface area contributed by atoms with Crippen molar-refractivity contribution in [2.75, 3.05) is 14.2 Å². The zero-order chi connectivity index (χ0) is 14.3. The first-order chi connectivity index (χ1) is 9.06. The van der Waals surface area contributed by atoms with Crippen LogP contribution < -0.4 is 4.74 Å². The van der Waals surface area contributed by atoms with E-state index in [-0.39, 0.29) is 12.8 Å². The lowest BCUT2D eigenvalue weighted by molar-refractivity contribution is -0.139. The fourth-order valence-electron chi connectivity index (χ4n) is 1.40. The second-order valence-electron chi connectivity index (χ2n) is 3.65. The van der Waals surface area contributed by atoms with Crippen LogP contribution in [0.15, 0.2) is 18.2 Å². The maximum absolute atomic E-state index is 10.9. The van der Waals surface area contributed by atoms with E-state index in [1.165, 1.54) is 14.2 Å². The van der Waals surface area contributed by atoms with Crippen LogP contribution in [-0.4, -0.2) is 31.3 Å². The zero-order valence-corrected chi connectivity index (χ0v) is 10.7. The van der Waals surface area contributed by atoms with Crippen molar-refractivity contribution < 1.29 is 24.2 Å². The van der Waals surface area contributed by atoms with Gasteiger partial charge in [0.1, 0.15) is 12.2 Å². The number of carboxylic acid groups (broad SMARTS) is 1. The first kappa shape index (κ1) is 14.6. The maximum Gasteiger partial charge on any atom is 0.317 e. The standard InChI is InChI=1S/C14H14O5/c1-18-12-7-6-11(9-13(15)16)10(8-12)4-3-5-14(17)19-2/h6-8H,5,9H2,1-2H3,(H,15,16). The summed E-state index contributed by atoms with van der Waals surface area (Å²) in [5.41, 5.74) is 1.11. The monoisotopic (exact) mass is 262 g/mol. The van der Waals surface area contributed by atoms with Crippen LogP contribution in [0, 0.1) is 11.8 Å². The van der Waals surface area contributed by atoms with Crippen LogP contribution in [0.5, 0.6) is 5.75 Å². The van der Waals surface area contributed by atoms with Crippen LogP contribution in [0.4, 0.5) is 0 Å². The summed E-state index contributed by atoms with van der Waals surface area (Å²) >= 11 is 0. The number of carbonyl (C=O) groups excluding carboxylic acids is 1. The van der Waals surface area contributed by atoms with Gasteiger partial charge in [0, 0.05) is 5.56 Å². The Labute approximate surface area is 111 Å². The summed E-state index contributed by atoms with van der Waals surface area (Å²) in [7, 11) is 2.79. The molecule has 100 valence electrons. The molecule has 1 N–H and O–H groups in total. The Morgan fingerprint density at radius 2 is 2.05 bits per heavy atom. The predicted octanol–water partition coefficient (Wildman–Crippen LogP) is 1.24. The quantitative estimate of drug-likeness (QED) is 0.652. The SMILES string of the molecule is COC(=O)CC#Cc1cc(OC)ccc1CC(=O)O. The van der Waals surface area contributed by atoms with Gasteiger partial charge in [0.2, 0.25) is 0 Å². The van der Waals surface area contributed by atoms with E-state index >= 15 is 0 Å². The molecule has 0 fully saturated rings. The second kappa shape index (κ2) is 7.07. The number of hydrogen-bond acceptors (Lipinski definition) is 4. The van der Waals surface area contributed by atoms with Crippen LogP contribution in [0.25, 0.3) is 0 Å². The average molecular weight is 262 g/mol. The third-order valence-corrected chi connectivity index (χ3v) is 2.34. The van der Waals surface area contributed by atoms with E-state index in [2.05, 4.69) is 16.6 Å². The van der Waals surface area contributed by atoms with Crippen LogP contribution >= 0.6 is 0 Å². The van der Waals surface area contributed by atoms with Gasteiger partial charge >= 0.3 is 11.9 Å². The van der Waals surface area contributed by atoms with Gasteiger partial charge in [-0.3, -0.25) is 9.59 Å². The van der Waals surface area contributed by atoms with Gasteiger partial charge in [-0.2, -0.15) is 0 Å². The highest BCUT2D eigenvalue weighted by Gasteiger charge is 2.07. The minimum Gasteiger partial charge on any atom is -0.497 e. The molecule has 0 aliphatic rings. The van der Waals surface area contributed by atoms with Crippen molar-refractivity contribution in [1.29, 1.82) is 0 Å². The third kappa shape index (κ3) is 4.72. The second-order valence-corrected chi connectivity index (χ2v) is 3.65. The minimum absolute atomic E-state index is 0.0414. The van der Waals surface area contributed by atoms with Crippen molar-refractivity contribution in [2.45, 2.75) is 12.8 Å². The zero-order valence-electron chi connectivity index (χ0n) is 10.7. The molecule has 19 heavy (non-hydrogen) atoms. The maximum atomic E-state index is 10.9. The number of benzene rings is 1. The lowest BCUT2D eigenvalue weighted by Crippen LogP contribution is -2.02. The van der Waals surface area contributed by atoms with Crippen molar-refractivity contribution in [3.05, 3.63) is 29.3 Å². The van der Waals surface area contributed by atoms with Crippen molar-refractivity contribution >= 4 is 11.9 Å². The summed E-state index contributed by atoms with van der Waals surface area (Å²) in [5.74, 6) is 4.61. The smallest absolute Gasteiger partial charge is 0.317 e. The van der Waals surface area contributed by atoms with Crippen molar-refractivity contribution in [3.63, 3.8) is 0 Å². The summed E-state index contributed by atoms with van der Waals surface area (Å²) < 4.78 is 9.52. The van der Waals surface area contributed by atoms with Crippen molar-refractivity contribution in [2.24, 2.45) is 0 Å². The Balaban J connectivity index is 3.00. The molecule has 0 unspecified atom stereocenters. The number of ether oxygens (including phenoxy) is 2. The number of carboxylic acids is 1. The number of hydrogen-bond donors (Lipinski definition) is 1. The molecule has 0 aliphatic heterocycles. The summed E-state index contributed by atoms with van der Waals surface area (Å²) in [5, 5.41) is 8.82. The van der Waals surface area contributed by atoms with E-state index in [1.54, 1.807) is 18.2 Å². The van der Waals surface area contributed by atoms with Gasteiger partial charge in [0.05, 0.1) is 20.6 Å². The topological polar surface area (TPSA) is 72.8 Å². The van der Waals surface area contributed by atoms with E-state index in [9.17, 15) is 9.59 Å². The summed E-state index contributed by atoms with van der Waals surface area (Å²) in [6, 6.07) is 4.96. The molecule has 1 aromatic rings. The molecule has 1 rings (SSSR count). The number of esters is 1.